The quantitative estimate of drug-likeness (QED) is 0.272. The summed E-state index contributed by atoms with van der Waals surface area (Å²) in [6.07, 6.45) is 1.84. The van der Waals surface area contributed by atoms with Gasteiger partial charge in [-0.3, -0.25) is 4.99 Å². The predicted octanol–water partition coefficient (Wildman–Crippen LogP) is 7.28. The highest BCUT2D eigenvalue weighted by Gasteiger charge is 2.27. The molecule has 0 unspecified atom stereocenters. The zero-order valence-corrected chi connectivity index (χ0v) is 21.7. The van der Waals surface area contributed by atoms with Crippen molar-refractivity contribution in [2.75, 3.05) is 12.3 Å². The molecule has 174 valence electrons. The minimum atomic E-state index is -0.151. The van der Waals surface area contributed by atoms with E-state index >= 15 is 0 Å². The van der Waals surface area contributed by atoms with Crippen molar-refractivity contribution in [3.8, 4) is 5.75 Å². The Morgan fingerprint density at radius 3 is 1.97 bits per heavy atom. The number of phenols is 1. The molecule has 0 spiro atoms. The smallest absolute Gasteiger partial charge is 0.160 e. The van der Waals surface area contributed by atoms with Gasteiger partial charge in [0.15, 0.2) is 5.17 Å². The largest absolute Gasteiger partial charge is 0.507 e. The molecule has 0 aliphatic carbocycles. The molecule has 0 radical (unpaired) electrons. The summed E-state index contributed by atoms with van der Waals surface area (Å²) in [6, 6.07) is 14.9. The molecule has 0 aromatic heterocycles. The van der Waals surface area contributed by atoms with Crippen molar-refractivity contribution in [1.29, 1.82) is 0 Å². The van der Waals surface area contributed by atoms with Gasteiger partial charge < -0.3 is 10.0 Å². The summed E-state index contributed by atoms with van der Waals surface area (Å²) in [4.78, 5) is 7.17. The van der Waals surface area contributed by atoms with Gasteiger partial charge in [0.05, 0.1) is 6.54 Å². The van der Waals surface area contributed by atoms with E-state index in [1.807, 2.05) is 12.1 Å². The molecule has 0 atom stereocenters. The summed E-state index contributed by atoms with van der Waals surface area (Å²) in [6.45, 7) is 21.0. The molecule has 0 heterocycles. The van der Waals surface area contributed by atoms with Crippen LogP contribution in [0.15, 0.2) is 60.1 Å². The Kier molecular flexibility index (Phi) is 9.03. The fourth-order valence-electron chi connectivity index (χ4n) is 3.65. The van der Waals surface area contributed by atoms with Crippen molar-refractivity contribution in [1.82, 2.24) is 4.90 Å². The maximum atomic E-state index is 11.1. The van der Waals surface area contributed by atoms with Crippen LogP contribution in [-0.4, -0.2) is 27.5 Å². The molecule has 32 heavy (non-hydrogen) atoms. The second-order valence-corrected chi connectivity index (χ2v) is 11.5. The van der Waals surface area contributed by atoms with Gasteiger partial charge in [-0.15, -0.1) is 6.58 Å². The number of aromatic hydroxyl groups is 1. The average molecular weight is 453 g/mol. The first-order chi connectivity index (χ1) is 15.0. The molecule has 4 heteroatoms. The van der Waals surface area contributed by atoms with Crippen LogP contribution in [-0.2, 0) is 23.9 Å². The standard InChI is InChI=1S/C28H40N2OS/c1-9-16-29-26(32-10-2)30(19-21-14-12-11-13-15-21)20-22-17-23(27(3,4)5)25(31)24(18-22)28(6,7)8/h9,11-15,17-18,31H,1,10,16,19-20H2,2-8H3. The number of thioether (sulfide) groups is 1. The van der Waals surface area contributed by atoms with Gasteiger partial charge in [0.1, 0.15) is 5.75 Å². The molecule has 2 rings (SSSR count). The fraction of sp³-hybridized carbons (Fsp3) is 0.464. The van der Waals surface area contributed by atoms with Gasteiger partial charge in [0, 0.05) is 13.1 Å². The van der Waals surface area contributed by atoms with Crippen molar-refractivity contribution in [3.05, 3.63) is 77.4 Å². The third-order valence-electron chi connectivity index (χ3n) is 5.28. The minimum absolute atomic E-state index is 0.151. The van der Waals surface area contributed by atoms with E-state index in [4.69, 9.17) is 4.99 Å². The number of amidine groups is 1. The predicted molar refractivity (Wildman–Crippen MR) is 142 cm³/mol. The van der Waals surface area contributed by atoms with E-state index in [0.717, 1.165) is 35.1 Å². The monoisotopic (exact) mass is 452 g/mol. The highest BCUT2D eigenvalue weighted by molar-refractivity contribution is 8.13. The SMILES string of the molecule is C=CCN=C(SCC)N(Cc1ccccc1)Cc1cc(C(C)(C)C)c(O)c(C(C)(C)C)c1. The van der Waals surface area contributed by atoms with Crippen LogP contribution in [0.3, 0.4) is 0 Å². The molecular formula is C28H40N2OS. The van der Waals surface area contributed by atoms with Gasteiger partial charge in [0.2, 0.25) is 0 Å². The first kappa shape index (κ1) is 26.1. The third-order valence-corrected chi connectivity index (χ3v) is 6.21. The molecule has 0 fully saturated rings. The van der Waals surface area contributed by atoms with Crippen LogP contribution in [0, 0.1) is 0 Å². The van der Waals surface area contributed by atoms with Crippen molar-refractivity contribution in [2.45, 2.75) is 72.4 Å². The lowest BCUT2D eigenvalue weighted by atomic mass is 9.78. The molecule has 2 aromatic carbocycles. The third kappa shape index (κ3) is 7.16. The molecule has 0 saturated heterocycles. The Balaban J connectivity index is 2.57. The van der Waals surface area contributed by atoms with E-state index in [2.05, 4.69) is 96.3 Å². The summed E-state index contributed by atoms with van der Waals surface area (Å²) >= 11 is 1.76. The van der Waals surface area contributed by atoms with Gasteiger partial charge in [-0.25, -0.2) is 0 Å². The number of aliphatic imine (C=N–C) groups is 1. The minimum Gasteiger partial charge on any atom is -0.507 e. The number of hydrogen-bond donors (Lipinski definition) is 1. The van der Waals surface area contributed by atoms with E-state index in [0.29, 0.717) is 12.3 Å². The van der Waals surface area contributed by atoms with Gasteiger partial charge in [-0.1, -0.05) is 96.6 Å². The van der Waals surface area contributed by atoms with Crippen LogP contribution in [0.2, 0.25) is 0 Å². The van der Waals surface area contributed by atoms with Crippen LogP contribution in [0.25, 0.3) is 0 Å². The molecule has 0 saturated carbocycles. The summed E-state index contributed by atoms with van der Waals surface area (Å²) in [5, 5.41) is 12.1. The molecule has 0 aliphatic rings. The highest BCUT2D eigenvalue weighted by atomic mass is 32.2. The van der Waals surface area contributed by atoms with Crippen LogP contribution < -0.4 is 0 Å². The van der Waals surface area contributed by atoms with Crippen LogP contribution in [0.1, 0.15) is 70.7 Å². The lowest BCUT2D eigenvalue weighted by Gasteiger charge is -2.30. The normalized spacial score (nSPS) is 12.7. The summed E-state index contributed by atoms with van der Waals surface area (Å²) in [7, 11) is 0. The Hall–Kier alpha value is -2.20. The Labute approximate surface area is 199 Å². The van der Waals surface area contributed by atoms with Crippen LogP contribution in [0.5, 0.6) is 5.75 Å². The van der Waals surface area contributed by atoms with Gasteiger partial charge in [0.25, 0.3) is 0 Å². The molecule has 2 aromatic rings. The topological polar surface area (TPSA) is 35.8 Å². The van der Waals surface area contributed by atoms with E-state index < -0.39 is 0 Å². The van der Waals surface area contributed by atoms with Crippen molar-refractivity contribution in [3.63, 3.8) is 0 Å². The van der Waals surface area contributed by atoms with Crippen molar-refractivity contribution in [2.24, 2.45) is 4.99 Å². The van der Waals surface area contributed by atoms with Crippen LogP contribution >= 0.6 is 11.8 Å². The van der Waals surface area contributed by atoms with E-state index in [1.54, 1.807) is 11.8 Å². The maximum Gasteiger partial charge on any atom is 0.160 e. The molecule has 0 amide bonds. The lowest BCUT2D eigenvalue weighted by molar-refractivity contribution is 0.404. The Bertz CT molecular complexity index is 886. The number of hydrogen-bond acceptors (Lipinski definition) is 3. The first-order valence-corrected chi connectivity index (χ1v) is 12.4. The number of nitrogens with zero attached hydrogens (tertiary/aromatic N) is 2. The highest BCUT2D eigenvalue weighted by Crippen LogP contribution is 2.40. The second kappa shape index (κ2) is 11.1. The van der Waals surface area contributed by atoms with E-state index in [1.165, 1.54) is 11.1 Å². The summed E-state index contributed by atoms with van der Waals surface area (Å²) in [5.74, 6) is 1.38. The van der Waals surface area contributed by atoms with Gasteiger partial charge in [-0.2, -0.15) is 0 Å². The molecule has 1 N–H and O–H groups in total. The molecule has 0 aliphatic heterocycles. The van der Waals surface area contributed by atoms with E-state index in [9.17, 15) is 5.11 Å². The van der Waals surface area contributed by atoms with Crippen LogP contribution in [0.4, 0.5) is 0 Å². The summed E-state index contributed by atoms with van der Waals surface area (Å²) < 4.78 is 0. The maximum absolute atomic E-state index is 11.1. The Morgan fingerprint density at radius 1 is 0.969 bits per heavy atom. The Morgan fingerprint density at radius 2 is 1.50 bits per heavy atom. The molecule has 0 bridgehead atoms. The number of benzene rings is 2. The molecular weight excluding hydrogens is 412 g/mol. The molecule has 3 nitrogen and oxygen atoms in total. The number of rotatable bonds is 7. The number of phenolic OH excluding ortho intramolecular Hbond substituents is 1. The second-order valence-electron chi connectivity index (χ2n) is 10.2. The lowest BCUT2D eigenvalue weighted by Crippen LogP contribution is -2.29. The van der Waals surface area contributed by atoms with E-state index in [-0.39, 0.29) is 10.8 Å². The fourth-order valence-corrected chi connectivity index (χ4v) is 4.39. The zero-order chi connectivity index (χ0) is 23.9. The first-order valence-electron chi connectivity index (χ1n) is 11.4. The summed E-state index contributed by atoms with van der Waals surface area (Å²) in [5.41, 5.74) is 4.13. The van der Waals surface area contributed by atoms with Gasteiger partial charge in [-0.05, 0) is 51.0 Å². The van der Waals surface area contributed by atoms with Gasteiger partial charge >= 0.3 is 0 Å². The average Bonchev–Trinajstić information content (AvgIpc) is 2.71. The van der Waals surface area contributed by atoms with Crippen molar-refractivity contribution < 1.29 is 5.11 Å². The van der Waals surface area contributed by atoms with Crippen molar-refractivity contribution >= 4 is 16.9 Å². The zero-order valence-electron chi connectivity index (χ0n) is 20.9.